The van der Waals surface area contributed by atoms with Crippen LogP contribution < -0.4 is 0 Å². The highest BCUT2D eigenvalue weighted by Crippen LogP contribution is 2.22. The van der Waals surface area contributed by atoms with E-state index in [9.17, 15) is 9.59 Å². The van der Waals surface area contributed by atoms with Crippen molar-refractivity contribution in [2.24, 2.45) is 5.92 Å². The van der Waals surface area contributed by atoms with Crippen molar-refractivity contribution in [3.8, 4) is 0 Å². The van der Waals surface area contributed by atoms with Gasteiger partial charge in [0.1, 0.15) is 0 Å². The molecule has 2 amide bonds. The predicted octanol–water partition coefficient (Wildman–Crippen LogP) is 1.64. The van der Waals surface area contributed by atoms with E-state index >= 15 is 0 Å². The minimum atomic E-state index is -0.305. The van der Waals surface area contributed by atoms with Crippen molar-refractivity contribution >= 4 is 11.8 Å². The number of carbonyl (C=O) groups excluding carboxylic acids is 2. The quantitative estimate of drug-likeness (QED) is 0.735. The summed E-state index contributed by atoms with van der Waals surface area (Å²) in [5, 5.41) is 3.95. The molecule has 1 saturated heterocycles. The molecule has 0 N–H and O–H groups in total. The third-order valence-electron chi connectivity index (χ3n) is 4.71. The van der Waals surface area contributed by atoms with Gasteiger partial charge in [-0.25, -0.2) is 0 Å². The Morgan fingerprint density at radius 3 is 2.78 bits per heavy atom. The van der Waals surface area contributed by atoms with Crippen LogP contribution >= 0.6 is 0 Å². The van der Waals surface area contributed by atoms with E-state index in [2.05, 4.69) is 15.1 Å². The molecule has 3 heterocycles. The lowest BCUT2D eigenvalue weighted by molar-refractivity contribution is -0.134. The van der Waals surface area contributed by atoms with Gasteiger partial charge < -0.3 is 14.3 Å². The van der Waals surface area contributed by atoms with Crippen molar-refractivity contribution in [1.29, 1.82) is 0 Å². The van der Waals surface area contributed by atoms with Crippen molar-refractivity contribution in [3.05, 3.63) is 41.8 Å². The van der Waals surface area contributed by atoms with Crippen LogP contribution in [-0.2, 0) is 22.6 Å². The molecule has 0 spiro atoms. The van der Waals surface area contributed by atoms with Crippen LogP contribution in [0.25, 0.3) is 0 Å². The van der Waals surface area contributed by atoms with Gasteiger partial charge in [-0.3, -0.25) is 14.6 Å². The Morgan fingerprint density at radius 2 is 2.11 bits per heavy atom. The Labute approximate surface area is 158 Å². The summed E-state index contributed by atoms with van der Waals surface area (Å²) in [4.78, 5) is 36.7. The molecule has 1 aliphatic heterocycles. The molecule has 3 rings (SSSR count). The first-order valence-electron chi connectivity index (χ1n) is 9.18. The van der Waals surface area contributed by atoms with Crippen LogP contribution in [0.2, 0.25) is 0 Å². The SMILES string of the molecule is CC(C)c1nc(CCN(C)C(=O)[C@H]2CC(=O)N(Cc3ccncc3)C2)no1. The predicted molar refractivity (Wildman–Crippen MR) is 97.5 cm³/mol. The second-order valence-corrected chi connectivity index (χ2v) is 7.24. The van der Waals surface area contributed by atoms with Gasteiger partial charge in [-0.15, -0.1) is 0 Å². The number of likely N-dealkylation sites (tertiary alicyclic amines) is 1. The number of hydrogen-bond donors (Lipinski definition) is 0. The van der Waals surface area contributed by atoms with E-state index in [1.165, 1.54) is 0 Å². The van der Waals surface area contributed by atoms with Gasteiger partial charge in [0.15, 0.2) is 5.82 Å². The topological polar surface area (TPSA) is 92.4 Å². The smallest absolute Gasteiger partial charge is 0.229 e. The molecule has 1 fully saturated rings. The highest BCUT2D eigenvalue weighted by Gasteiger charge is 2.35. The molecular weight excluding hydrogens is 346 g/mol. The van der Waals surface area contributed by atoms with E-state index in [4.69, 9.17) is 4.52 Å². The van der Waals surface area contributed by atoms with Crippen LogP contribution in [0.3, 0.4) is 0 Å². The fourth-order valence-corrected chi connectivity index (χ4v) is 3.09. The second kappa shape index (κ2) is 8.28. The minimum absolute atomic E-state index is 0.0123. The van der Waals surface area contributed by atoms with Crippen LogP contribution in [0.4, 0.5) is 0 Å². The lowest BCUT2D eigenvalue weighted by Gasteiger charge is -2.21. The van der Waals surface area contributed by atoms with Crippen LogP contribution in [0, 0.1) is 5.92 Å². The Kier molecular flexibility index (Phi) is 5.83. The first-order valence-corrected chi connectivity index (χ1v) is 9.18. The number of nitrogens with zero attached hydrogens (tertiary/aromatic N) is 5. The summed E-state index contributed by atoms with van der Waals surface area (Å²) in [6, 6.07) is 3.76. The maximum atomic E-state index is 12.7. The van der Waals surface area contributed by atoms with Crippen molar-refractivity contribution in [2.45, 2.75) is 39.2 Å². The van der Waals surface area contributed by atoms with Gasteiger partial charge in [-0.1, -0.05) is 19.0 Å². The van der Waals surface area contributed by atoms with Crippen molar-refractivity contribution in [2.75, 3.05) is 20.1 Å². The van der Waals surface area contributed by atoms with Crippen molar-refractivity contribution in [3.63, 3.8) is 0 Å². The molecule has 144 valence electrons. The number of pyridine rings is 1. The molecule has 2 aromatic heterocycles. The molecule has 8 heteroatoms. The normalized spacial score (nSPS) is 17.0. The second-order valence-electron chi connectivity index (χ2n) is 7.24. The van der Waals surface area contributed by atoms with Gasteiger partial charge >= 0.3 is 0 Å². The molecule has 1 atom stereocenters. The molecule has 8 nitrogen and oxygen atoms in total. The van der Waals surface area contributed by atoms with E-state index in [-0.39, 0.29) is 30.1 Å². The van der Waals surface area contributed by atoms with Gasteiger partial charge in [-0.05, 0) is 17.7 Å². The van der Waals surface area contributed by atoms with Gasteiger partial charge in [0.2, 0.25) is 17.7 Å². The minimum Gasteiger partial charge on any atom is -0.345 e. The standard InChI is InChI=1S/C19H25N5O3/c1-13(2)18-21-16(22-27-18)6-9-23(3)19(26)15-10-17(25)24(12-15)11-14-4-7-20-8-5-14/h4-5,7-8,13,15H,6,9-12H2,1-3H3/t15-/m0/s1. The maximum Gasteiger partial charge on any atom is 0.229 e. The monoisotopic (exact) mass is 371 g/mol. The van der Waals surface area contributed by atoms with E-state index in [0.29, 0.717) is 37.8 Å². The van der Waals surface area contributed by atoms with Crippen molar-refractivity contribution < 1.29 is 14.1 Å². The zero-order chi connectivity index (χ0) is 19.4. The first-order chi connectivity index (χ1) is 12.9. The summed E-state index contributed by atoms with van der Waals surface area (Å²) in [5.74, 6) is 1.07. The highest BCUT2D eigenvalue weighted by atomic mass is 16.5. The number of carbonyl (C=O) groups is 2. The summed E-state index contributed by atoms with van der Waals surface area (Å²) in [7, 11) is 1.75. The molecule has 0 unspecified atom stereocenters. The van der Waals surface area contributed by atoms with Gasteiger partial charge in [0, 0.05) is 57.8 Å². The largest absolute Gasteiger partial charge is 0.345 e. The molecule has 2 aromatic rings. The summed E-state index contributed by atoms with van der Waals surface area (Å²) in [5.41, 5.74) is 1.01. The number of likely N-dealkylation sites (N-methyl/N-ethyl adjacent to an activating group) is 1. The first kappa shape index (κ1) is 19.0. The Balaban J connectivity index is 1.51. The summed E-state index contributed by atoms with van der Waals surface area (Å²) in [6.45, 7) is 5.42. The van der Waals surface area contributed by atoms with Crippen LogP contribution in [0.15, 0.2) is 29.0 Å². The van der Waals surface area contributed by atoms with E-state index in [1.54, 1.807) is 29.2 Å². The molecule has 0 radical (unpaired) electrons. The molecular formula is C19H25N5O3. The number of aromatic nitrogens is 3. The molecule has 0 bridgehead atoms. The fourth-order valence-electron chi connectivity index (χ4n) is 3.09. The Bertz CT molecular complexity index is 790. The van der Waals surface area contributed by atoms with E-state index < -0.39 is 0 Å². The lowest BCUT2D eigenvalue weighted by atomic mass is 10.1. The number of hydrogen-bond acceptors (Lipinski definition) is 6. The molecule has 0 saturated carbocycles. The number of amides is 2. The van der Waals surface area contributed by atoms with E-state index in [0.717, 1.165) is 5.56 Å². The third kappa shape index (κ3) is 4.69. The average Bonchev–Trinajstić information content (AvgIpc) is 3.27. The Hall–Kier alpha value is -2.77. The molecule has 0 aromatic carbocycles. The summed E-state index contributed by atoms with van der Waals surface area (Å²) in [6.07, 6.45) is 4.19. The lowest BCUT2D eigenvalue weighted by Crippen LogP contribution is -2.36. The van der Waals surface area contributed by atoms with Crippen LogP contribution in [0.1, 0.15) is 43.5 Å². The fraction of sp³-hybridized carbons (Fsp3) is 0.526. The molecule has 0 aliphatic carbocycles. The van der Waals surface area contributed by atoms with Crippen molar-refractivity contribution in [1.82, 2.24) is 24.9 Å². The van der Waals surface area contributed by atoms with Crippen LogP contribution in [-0.4, -0.2) is 56.9 Å². The molecule has 27 heavy (non-hydrogen) atoms. The van der Waals surface area contributed by atoms with Gasteiger partial charge in [-0.2, -0.15) is 4.98 Å². The zero-order valence-corrected chi connectivity index (χ0v) is 16.0. The molecule has 1 aliphatic rings. The van der Waals surface area contributed by atoms with Gasteiger partial charge in [0.05, 0.1) is 5.92 Å². The zero-order valence-electron chi connectivity index (χ0n) is 16.0. The highest BCUT2D eigenvalue weighted by molar-refractivity contribution is 5.89. The maximum absolute atomic E-state index is 12.7. The van der Waals surface area contributed by atoms with Crippen LogP contribution in [0.5, 0.6) is 0 Å². The Morgan fingerprint density at radius 1 is 1.37 bits per heavy atom. The number of rotatable bonds is 7. The summed E-state index contributed by atoms with van der Waals surface area (Å²) >= 11 is 0. The summed E-state index contributed by atoms with van der Waals surface area (Å²) < 4.78 is 5.18. The third-order valence-corrected chi connectivity index (χ3v) is 4.71. The average molecular weight is 371 g/mol. The van der Waals surface area contributed by atoms with E-state index in [1.807, 2.05) is 26.0 Å². The van der Waals surface area contributed by atoms with Gasteiger partial charge in [0.25, 0.3) is 0 Å².